The van der Waals surface area contributed by atoms with Gasteiger partial charge in [-0.2, -0.15) is 0 Å². The fourth-order valence-corrected chi connectivity index (χ4v) is 3.95. The van der Waals surface area contributed by atoms with Gasteiger partial charge in [0.1, 0.15) is 11.3 Å². The van der Waals surface area contributed by atoms with Gasteiger partial charge in [0.05, 0.1) is 30.9 Å². The molecular weight excluding hydrogens is 420 g/mol. The zero-order valence-electron chi connectivity index (χ0n) is 20.0. The van der Waals surface area contributed by atoms with Gasteiger partial charge in [-0.25, -0.2) is 14.5 Å². The minimum absolute atomic E-state index is 0.126. The van der Waals surface area contributed by atoms with Crippen molar-refractivity contribution in [2.24, 2.45) is 7.05 Å². The van der Waals surface area contributed by atoms with Crippen molar-refractivity contribution in [2.75, 3.05) is 53.5 Å². The molecule has 1 aromatic carbocycles. The molecule has 4 aromatic rings. The quantitative estimate of drug-likeness (QED) is 0.382. The molecule has 9 nitrogen and oxygen atoms in total. The van der Waals surface area contributed by atoms with Crippen LogP contribution in [0.1, 0.15) is 6.42 Å². The van der Waals surface area contributed by atoms with E-state index in [1.807, 2.05) is 52.5 Å². The van der Waals surface area contributed by atoms with Crippen molar-refractivity contribution >= 4 is 21.9 Å². The summed E-state index contributed by atoms with van der Waals surface area (Å²) in [6, 6.07) is 7.74. The first-order chi connectivity index (χ1) is 15.8. The molecule has 0 saturated carbocycles. The van der Waals surface area contributed by atoms with Crippen LogP contribution in [0.25, 0.3) is 33.1 Å². The number of hydrogen-bond acceptors (Lipinski definition) is 7. The lowest BCUT2D eigenvalue weighted by Gasteiger charge is -2.16. The Bertz CT molecular complexity index is 1340. The predicted octanol–water partition coefficient (Wildman–Crippen LogP) is 2.49. The van der Waals surface area contributed by atoms with Gasteiger partial charge >= 0.3 is 5.69 Å². The molecule has 0 bridgehead atoms. The third-order valence-corrected chi connectivity index (χ3v) is 5.63. The first-order valence-electron chi connectivity index (χ1n) is 10.8. The highest BCUT2D eigenvalue weighted by atomic mass is 16.5. The summed E-state index contributed by atoms with van der Waals surface area (Å²) in [5.41, 5.74) is 3.94. The van der Waals surface area contributed by atoms with Gasteiger partial charge in [0, 0.05) is 62.5 Å². The summed E-state index contributed by atoms with van der Waals surface area (Å²) < 4.78 is 14.7. The standard InChI is InChI=1S/C24H30N6O3/c1-27(2)10-7-11-33-22-9-8-16(14-26-22)17-12-18-19(13-21(17)32-6)25-15-20-23(18)30(28(3)4)24(31)29(20)5/h8-9,12-15H,7,10-11H2,1-6H3. The molecular formula is C24H30N6O3. The van der Waals surface area contributed by atoms with E-state index >= 15 is 0 Å². The first kappa shape index (κ1) is 22.6. The van der Waals surface area contributed by atoms with Crippen molar-refractivity contribution in [3.05, 3.63) is 47.1 Å². The Morgan fingerprint density at radius 3 is 2.48 bits per heavy atom. The van der Waals surface area contributed by atoms with Crippen LogP contribution in [0.2, 0.25) is 0 Å². The Labute approximate surface area is 192 Å². The minimum atomic E-state index is -0.126. The molecule has 33 heavy (non-hydrogen) atoms. The average Bonchev–Trinajstić information content (AvgIpc) is 3.06. The fourth-order valence-electron chi connectivity index (χ4n) is 3.95. The van der Waals surface area contributed by atoms with E-state index in [2.05, 4.69) is 14.9 Å². The smallest absolute Gasteiger partial charge is 0.347 e. The maximum absolute atomic E-state index is 12.8. The van der Waals surface area contributed by atoms with Crippen LogP contribution >= 0.6 is 0 Å². The van der Waals surface area contributed by atoms with Crippen molar-refractivity contribution in [1.82, 2.24) is 24.1 Å². The van der Waals surface area contributed by atoms with Gasteiger partial charge < -0.3 is 19.4 Å². The molecule has 0 aliphatic heterocycles. The van der Waals surface area contributed by atoms with Crippen LogP contribution in [0.4, 0.5) is 0 Å². The molecule has 0 radical (unpaired) electrons. The van der Waals surface area contributed by atoms with E-state index in [0.29, 0.717) is 18.2 Å². The zero-order chi connectivity index (χ0) is 23.7. The third-order valence-electron chi connectivity index (χ3n) is 5.63. The Kier molecular flexibility index (Phi) is 6.24. The van der Waals surface area contributed by atoms with Gasteiger partial charge in [0.25, 0.3) is 0 Å². The molecule has 0 saturated heterocycles. The summed E-state index contributed by atoms with van der Waals surface area (Å²) in [5, 5.41) is 2.64. The number of rotatable bonds is 8. The molecule has 3 heterocycles. The molecule has 174 valence electrons. The third kappa shape index (κ3) is 4.23. The Morgan fingerprint density at radius 1 is 1.06 bits per heavy atom. The van der Waals surface area contributed by atoms with Gasteiger partial charge in [0.2, 0.25) is 5.88 Å². The molecule has 0 aliphatic rings. The van der Waals surface area contributed by atoms with Crippen LogP contribution in [0.15, 0.2) is 41.5 Å². The number of aromatic nitrogens is 4. The number of nitrogens with zero attached hydrogens (tertiary/aromatic N) is 6. The first-order valence-corrected chi connectivity index (χ1v) is 10.8. The van der Waals surface area contributed by atoms with E-state index in [-0.39, 0.29) is 5.69 Å². The van der Waals surface area contributed by atoms with Crippen LogP contribution in [0.5, 0.6) is 11.6 Å². The summed E-state index contributed by atoms with van der Waals surface area (Å²) >= 11 is 0. The van der Waals surface area contributed by atoms with Crippen molar-refractivity contribution in [3.8, 4) is 22.8 Å². The molecule has 0 atom stereocenters. The van der Waals surface area contributed by atoms with Gasteiger partial charge in [0.15, 0.2) is 0 Å². The number of imidazole rings is 1. The Balaban J connectivity index is 1.78. The van der Waals surface area contributed by atoms with E-state index in [9.17, 15) is 4.79 Å². The zero-order valence-corrected chi connectivity index (χ0v) is 20.0. The van der Waals surface area contributed by atoms with E-state index in [0.717, 1.165) is 46.0 Å². The monoisotopic (exact) mass is 450 g/mol. The van der Waals surface area contributed by atoms with E-state index in [4.69, 9.17) is 9.47 Å². The van der Waals surface area contributed by atoms with Gasteiger partial charge in [-0.05, 0) is 32.6 Å². The highest BCUT2D eigenvalue weighted by Crippen LogP contribution is 2.36. The van der Waals surface area contributed by atoms with Crippen molar-refractivity contribution in [2.45, 2.75) is 6.42 Å². The van der Waals surface area contributed by atoms with E-state index in [1.54, 1.807) is 40.8 Å². The number of pyridine rings is 2. The molecule has 9 heteroatoms. The number of hydrogen-bond donors (Lipinski definition) is 0. The number of ether oxygens (including phenoxy) is 2. The molecule has 0 spiro atoms. The lowest BCUT2D eigenvalue weighted by atomic mass is 10.0. The summed E-state index contributed by atoms with van der Waals surface area (Å²) in [7, 11) is 11.2. The molecule has 3 aromatic heterocycles. The predicted molar refractivity (Wildman–Crippen MR) is 131 cm³/mol. The van der Waals surface area contributed by atoms with Crippen LogP contribution < -0.4 is 20.2 Å². The van der Waals surface area contributed by atoms with E-state index in [1.165, 1.54) is 0 Å². The maximum atomic E-state index is 12.8. The number of methoxy groups -OCH3 is 1. The molecule has 0 N–H and O–H groups in total. The second kappa shape index (κ2) is 9.11. The summed E-state index contributed by atoms with van der Waals surface area (Å²) in [6.45, 7) is 1.58. The fraction of sp³-hybridized carbons (Fsp3) is 0.375. The molecule has 4 rings (SSSR count). The second-order valence-corrected chi connectivity index (χ2v) is 8.45. The molecule has 0 amide bonds. The van der Waals surface area contributed by atoms with Gasteiger partial charge in [-0.1, -0.05) is 0 Å². The lowest BCUT2D eigenvalue weighted by Crippen LogP contribution is -2.36. The topological polar surface area (TPSA) is 77.7 Å². The Hall–Kier alpha value is -3.59. The van der Waals surface area contributed by atoms with Crippen LogP contribution in [0.3, 0.4) is 0 Å². The van der Waals surface area contributed by atoms with Crippen molar-refractivity contribution < 1.29 is 9.47 Å². The average molecular weight is 451 g/mol. The van der Waals surface area contributed by atoms with E-state index < -0.39 is 0 Å². The maximum Gasteiger partial charge on any atom is 0.347 e. The number of benzene rings is 1. The summed E-state index contributed by atoms with van der Waals surface area (Å²) in [6.07, 6.45) is 4.44. The Morgan fingerprint density at radius 2 is 1.85 bits per heavy atom. The number of aryl methyl sites for hydroxylation is 1. The minimum Gasteiger partial charge on any atom is -0.496 e. The SMILES string of the molecule is COc1cc2ncc3c(c2cc1-c1ccc(OCCCN(C)C)nc1)n(N(C)C)c(=O)n3C. The number of fused-ring (bicyclic) bond motifs is 3. The van der Waals surface area contributed by atoms with Gasteiger partial charge in [-0.3, -0.25) is 9.55 Å². The summed E-state index contributed by atoms with van der Waals surface area (Å²) in [4.78, 5) is 24.0. The highest BCUT2D eigenvalue weighted by Gasteiger charge is 2.18. The largest absolute Gasteiger partial charge is 0.496 e. The normalized spacial score (nSPS) is 11.5. The molecule has 0 fully saturated rings. The van der Waals surface area contributed by atoms with Crippen LogP contribution in [-0.4, -0.2) is 72.6 Å². The molecule has 0 aliphatic carbocycles. The van der Waals surface area contributed by atoms with Crippen molar-refractivity contribution in [1.29, 1.82) is 0 Å². The van der Waals surface area contributed by atoms with Crippen LogP contribution in [0, 0.1) is 0 Å². The second-order valence-electron chi connectivity index (χ2n) is 8.45. The highest BCUT2D eigenvalue weighted by molar-refractivity contribution is 6.05. The lowest BCUT2D eigenvalue weighted by molar-refractivity contribution is 0.273. The molecule has 0 unspecified atom stereocenters. The summed E-state index contributed by atoms with van der Waals surface area (Å²) in [5.74, 6) is 1.27. The van der Waals surface area contributed by atoms with Crippen LogP contribution in [-0.2, 0) is 7.05 Å². The van der Waals surface area contributed by atoms with Crippen molar-refractivity contribution in [3.63, 3.8) is 0 Å². The van der Waals surface area contributed by atoms with Gasteiger partial charge in [-0.15, -0.1) is 0 Å².